The molecule has 0 fully saturated rings. The Kier molecular flexibility index (Phi) is 4.90. The van der Waals surface area contributed by atoms with Crippen LogP contribution in [-0.4, -0.2) is 25.1 Å². The fourth-order valence-corrected chi connectivity index (χ4v) is 2.84. The molecule has 2 aromatic heterocycles. The number of para-hydroxylation sites is 1. The van der Waals surface area contributed by atoms with Crippen LogP contribution >= 0.6 is 15.9 Å². The summed E-state index contributed by atoms with van der Waals surface area (Å²) in [6, 6.07) is 16.2. The van der Waals surface area contributed by atoms with Gasteiger partial charge in [-0.15, -0.1) is 5.10 Å². The maximum Gasteiger partial charge on any atom is 0.351 e. The van der Waals surface area contributed by atoms with Crippen LogP contribution in [0.1, 0.15) is 0 Å². The van der Waals surface area contributed by atoms with Crippen molar-refractivity contribution in [3.05, 3.63) is 81.9 Å². The number of hydrogen-bond acceptors (Lipinski definition) is 5. The highest BCUT2D eigenvalue weighted by atomic mass is 79.9. The molecule has 0 aliphatic rings. The lowest BCUT2D eigenvalue weighted by atomic mass is 10.3. The molecule has 4 rings (SSSR count). The maximum atomic E-state index is 12.6. The zero-order valence-electron chi connectivity index (χ0n) is 14.4. The van der Waals surface area contributed by atoms with E-state index in [1.807, 2.05) is 30.3 Å². The summed E-state index contributed by atoms with van der Waals surface area (Å²) in [5, 5.41) is 6.94. The molecule has 2 aromatic carbocycles. The summed E-state index contributed by atoms with van der Waals surface area (Å²) in [7, 11) is 0. The molecular formula is C19H14BrN5O3. The van der Waals surface area contributed by atoms with Crippen molar-refractivity contribution in [3.63, 3.8) is 0 Å². The molecule has 0 saturated carbocycles. The molecule has 8 nitrogen and oxygen atoms in total. The molecule has 0 spiro atoms. The summed E-state index contributed by atoms with van der Waals surface area (Å²) < 4.78 is 8.99. The van der Waals surface area contributed by atoms with E-state index in [2.05, 4.69) is 31.3 Å². The fraction of sp³-hybridized carbons (Fsp3) is 0.0526. The third-order valence-corrected chi connectivity index (χ3v) is 4.38. The topological polar surface area (TPSA) is 90.5 Å². The zero-order valence-corrected chi connectivity index (χ0v) is 16.0. The lowest BCUT2D eigenvalue weighted by molar-refractivity contribution is -0.117. The number of halogens is 1. The minimum Gasteiger partial charge on any atom is -0.436 e. The first-order valence-electron chi connectivity index (χ1n) is 8.33. The molecule has 0 saturated heterocycles. The van der Waals surface area contributed by atoms with Crippen LogP contribution in [0.5, 0.6) is 11.6 Å². The third kappa shape index (κ3) is 3.79. The van der Waals surface area contributed by atoms with Crippen molar-refractivity contribution in [1.82, 2.24) is 19.2 Å². The van der Waals surface area contributed by atoms with Crippen molar-refractivity contribution < 1.29 is 9.53 Å². The van der Waals surface area contributed by atoms with Gasteiger partial charge in [0.05, 0.1) is 0 Å². The Balaban J connectivity index is 1.58. The van der Waals surface area contributed by atoms with E-state index in [0.717, 1.165) is 9.15 Å². The molecule has 1 N–H and O–H groups in total. The lowest BCUT2D eigenvalue weighted by Gasteiger charge is -2.04. The number of aromatic nitrogens is 4. The van der Waals surface area contributed by atoms with Gasteiger partial charge in [-0.3, -0.25) is 4.79 Å². The molecule has 2 heterocycles. The van der Waals surface area contributed by atoms with Crippen LogP contribution in [0.4, 0.5) is 5.69 Å². The molecule has 1 amide bonds. The molecule has 0 unspecified atom stereocenters. The number of carbonyl (C=O) groups excluding carboxylic acids is 1. The van der Waals surface area contributed by atoms with E-state index >= 15 is 0 Å². The number of ether oxygens (including phenoxy) is 1. The van der Waals surface area contributed by atoms with E-state index in [4.69, 9.17) is 4.74 Å². The largest absolute Gasteiger partial charge is 0.436 e. The van der Waals surface area contributed by atoms with Gasteiger partial charge in [-0.2, -0.15) is 0 Å². The average Bonchev–Trinajstić information content (AvgIpc) is 3.01. The number of hydrogen-bond donors (Lipinski definition) is 1. The Morgan fingerprint density at radius 3 is 2.61 bits per heavy atom. The van der Waals surface area contributed by atoms with E-state index in [0.29, 0.717) is 11.4 Å². The molecule has 140 valence electrons. The normalized spacial score (nSPS) is 10.8. The number of rotatable bonds is 5. The third-order valence-electron chi connectivity index (χ3n) is 3.85. The first-order valence-corrected chi connectivity index (χ1v) is 9.12. The number of nitrogens with zero attached hydrogens (tertiary/aromatic N) is 4. The highest BCUT2D eigenvalue weighted by Crippen LogP contribution is 2.21. The predicted octanol–water partition coefficient (Wildman–Crippen LogP) is 3.08. The van der Waals surface area contributed by atoms with Crippen LogP contribution in [0.2, 0.25) is 0 Å². The Hall–Kier alpha value is -3.46. The van der Waals surface area contributed by atoms with E-state index < -0.39 is 5.69 Å². The minimum absolute atomic E-state index is 0.179. The lowest BCUT2D eigenvalue weighted by Crippen LogP contribution is -2.28. The second-order valence-corrected chi connectivity index (χ2v) is 6.75. The predicted molar refractivity (Wildman–Crippen MR) is 107 cm³/mol. The molecule has 0 bridgehead atoms. The second kappa shape index (κ2) is 7.65. The molecule has 0 radical (unpaired) electrons. The van der Waals surface area contributed by atoms with Gasteiger partial charge >= 0.3 is 5.69 Å². The molecule has 4 aromatic rings. The van der Waals surface area contributed by atoms with Crippen molar-refractivity contribution in [1.29, 1.82) is 0 Å². The van der Waals surface area contributed by atoms with Crippen LogP contribution in [-0.2, 0) is 11.3 Å². The van der Waals surface area contributed by atoms with Crippen molar-refractivity contribution in [2.45, 2.75) is 6.54 Å². The monoisotopic (exact) mass is 439 g/mol. The van der Waals surface area contributed by atoms with Gasteiger partial charge in [0.15, 0.2) is 0 Å². The standard InChI is InChI=1S/C19H14BrN5O3/c20-13-6-8-14(9-7-13)22-16(26)12-25-19(27)24-11-10-21-18(17(24)23-25)28-15-4-2-1-3-5-15/h1-11H,12H2,(H,22,26). The quantitative estimate of drug-likeness (QED) is 0.515. The zero-order chi connectivity index (χ0) is 19.5. The van der Waals surface area contributed by atoms with Crippen molar-refractivity contribution in [3.8, 4) is 11.6 Å². The van der Waals surface area contributed by atoms with Gasteiger partial charge < -0.3 is 10.1 Å². The van der Waals surface area contributed by atoms with Gasteiger partial charge in [0.25, 0.3) is 5.88 Å². The minimum atomic E-state index is -0.457. The summed E-state index contributed by atoms with van der Waals surface area (Å²) in [6.45, 7) is -0.235. The van der Waals surface area contributed by atoms with E-state index in [1.54, 1.807) is 24.3 Å². The van der Waals surface area contributed by atoms with Crippen molar-refractivity contribution >= 4 is 33.2 Å². The number of amides is 1. The molecular weight excluding hydrogens is 426 g/mol. The SMILES string of the molecule is O=C(Cn1nc2c(Oc3ccccc3)nccn2c1=O)Nc1ccc(Br)cc1. The van der Waals surface area contributed by atoms with Crippen LogP contribution in [0.15, 0.2) is 76.3 Å². The van der Waals surface area contributed by atoms with Gasteiger partial charge in [-0.25, -0.2) is 18.9 Å². The molecule has 28 heavy (non-hydrogen) atoms. The molecule has 0 aliphatic heterocycles. The van der Waals surface area contributed by atoms with Gasteiger partial charge in [0, 0.05) is 22.6 Å². The first-order chi connectivity index (χ1) is 13.6. The Morgan fingerprint density at radius 1 is 1.11 bits per heavy atom. The number of benzene rings is 2. The summed E-state index contributed by atoms with van der Waals surface area (Å²) in [5.74, 6) is 0.377. The summed E-state index contributed by atoms with van der Waals surface area (Å²) >= 11 is 3.34. The molecule has 0 aliphatic carbocycles. The Labute approximate surface area is 167 Å². The Morgan fingerprint density at radius 2 is 1.86 bits per heavy atom. The molecule has 9 heteroatoms. The average molecular weight is 440 g/mol. The number of fused-ring (bicyclic) bond motifs is 1. The summed E-state index contributed by atoms with van der Waals surface area (Å²) in [5.41, 5.74) is 0.397. The van der Waals surface area contributed by atoms with E-state index in [1.165, 1.54) is 16.8 Å². The smallest absolute Gasteiger partial charge is 0.351 e. The number of anilines is 1. The van der Waals surface area contributed by atoms with Crippen LogP contribution < -0.4 is 15.7 Å². The summed E-state index contributed by atoms with van der Waals surface area (Å²) in [4.78, 5) is 29.0. The maximum absolute atomic E-state index is 12.6. The first kappa shape index (κ1) is 17.9. The van der Waals surface area contributed by atoms with Crippen LogP contribution in [0.25, 0.3) is 5.65 Å². The van der Waals surface area contributed by atoms with Crippen LogP contribution in [0.3, 0.4) is 0 Å². The van der Waals surface area contributed by atoms with Gasteiger partial charge in [0.1, 0.15) is 12.3 Å². The Bertz CT molecular complexity index is 1190. The molecule has 0 atom stereocenters. The number of carbonyl (C=O) groups is 1. The highest BCUT2D eigenvalue weighted by molar-refractivity contribution is 9.10. The summed E-state index contributed by atoms with van der Waals surface area (Å²) in [6.07, 6.45) is 2.92. The van der Waals surface area contributed by atoms with E-state index in [-0.39, 0.29) is 24.0 Å². The fourth-order valence-electron chi connectivity index (χ4n) is 2.57. The highest BCUT2D eigenvalue weighted by Gasteiger charge is 2.15. The van der Waals surface area contributed by atoms with Gasteiger partial charge in [0.2, 0.25) is 11.6 Å². The van der Waals surface area contributed by atoms with Crippen LogP contribution in [0, 0.1) is 0 Å². The van der Waals surface area contributed by atoms with E-state index in [9.17, 15) is 9.59 Å². The van der Waals surface area contributed by atoms with Gasteiger partial charge in [-0.05, 0) is 36.4 Å². The van der Waals surface area contributed by atoms with Crippen molar-refractivity contribution in [2.75, 3.05) is 5.32 Å². The van der Waals surface area contributed by atoms with Crippen molar-refractivity contribution in [2.24, 2.45) is 0 Å². The second-order valence-electron chi connectivity index (χ2n) is 5.84. The van der Waals surface area contributed by atoms with Gasteiger partial charge in [-0.1, -0.05) is 34.1 Å². The number of nitrogens with one attached hydrogen (secondary N) is 1.